The number of rotatable bonds is 15. The zero-order valence-corrected chi connectivity index (χ0v) is 23.1. The average molecular weight is 480 g/mol. The van der Waals surface area contributed by atoms with E-state index in [1.807, 2.05) is 26.8 Å². The predicted octanol–water partition coefficient (Wildman–Crippen LogP) is 8.93. The Kier molecular flexibility index (Phi) is 25.4. The van der Waals surface area contributed by atoms with Crippen molar-refractivity contribution in [1.82, 2.24) is 5.32 Å². The van der Waals surface area contributed by atoms with Crippen LogP contribution in [0.25, 0.3) is 0 Å². The monoisotopic (exact) mass is 479 g/mol. The number of allylic oxidation sites excluding steroid dienone is 5. The molecule has 0 spiro atoms. The number of amides is 1. The lowest BCUT2D eigenvalue weighted by Gasteiger charge is -2.24. The molecule has 0 aromatic rings. The Morgan fingerprint density at radius 2 is 1.47 bits per heavy atom. The molecule has 0 aliphatic rings. The van der Waals surface area contributed by atoms with Crippen LogP contribution in [0.2, 0.25) is 0 Å². The Hall–Kier alpha value is -2.30. The van der Waals surface area contributed by atoms with Gasteiger partial charge in [0.1, 0.15) is 0 Å². The number of hydrogen-bond donors (Lipinski definition) is 3. The Labute approximate surface area is 210 Å². The van der Waals surface area contributed by atoms with Gasteiger partial charge in [-0.2, -0.15) is 0 Å². The number of aliphatic carboxylic acids is 1. The molecule has 2 unspecified atom stereocenters. The SMILES string of the molecule is C=CC(C)(CCC=C(C)C)NC(=O)O.C=CC(C)CCC=C(C)C.CCCCCCCC(=O)O. The molecule has 198 valence electrons. The smallest absolute Gasteiger partial charge is 0.405 e. The largest absolute Gasteiger partial charge is 0.481 e. The molecular formula is C29H53NO4. The van der Waals surface area contributed by atoms with Crippen molar-refractivity contribution < 1.29 is 19.8 Å². The average Bonchev–Trinajstić information content (AvgIpc) is 2.73. The van der Waals surface area contributed by atoms with Crippen molar-refractivity contribution in [1.29, 1.82) is 0 Å². The van der Waals surface area contributed by atoms with Crippen LogP contribution >= 0.6 is 0 Å². The van der Waals surface area contributed by atoms with E-state index in [4.69, 9.17) is 10.2 Å². The summed E-state index contributed by atoms with van der Waals surface area (Å²) in [7, 11) is 0. The first-order valence-corrected chi connectivity index (χ1v) is 12.6. The highest BCUT2D eigenvalue weighted by Crippen LogP contribution is 2.14. The summed E-state index contributed by atoms with van der Waals surface area (Å²) >= 11 is 0. The van der Waals surface area contributed by atoms with Crippen LogP contribution in [0.5, 0.6) is 0 Å². The maximum atomic E-state index is 10.5. The lowest BCUT2D eigenvalue weighted by Crippen LogP contribution is -2.43. The van der Waals surface area contributed by atoms with Crippen molar-refractivity contribution in [2.75, 3.05) is 0 Å². The summed E-state index contributed by atoms with van der Waals surface area (Å²) in [5.74, 6) is -0.00732. The van der Waals surface area contributed by atoms with Gasteiger partial charge in [0.25, 0.3) is 0 Å². The molecule has 3 N–H and O–H groups in total. The molecule has 0 fully saturated rings. The van der Waals surface area contributed by atoms with Gasteiger partial charge in [0, 0.05) is 6.42 Å². The molecule has 0 aliphatic carbocycles. The second-order valence-corrected chi connectivity index (χ2v) is 9.50. The van der Waals surface area contributed by atoms with Gasteiger partial charge in [-0.05, 0) is 72.6 Å². The number of carboxylic acid groups (broad SMARTS) is 2. The minimum absolute atomic E-state index is 0.337. The van der Waals surface area contributed by atoms with Gasteiger partial charge in [-0.3, -0.25) is 4.79 Å². The summed E-state index contributed by atoms with van der Waals surface area (Å²) in [6, 6.07) is 0. The van der Waals surface area contributed by atoms with Gasteiger partial charge in [-0.25, -0.2) is 4.79 Å². The fourth-order valence-electron chi connectivity index (χ4n) is 2.75. The third kappa shape index (κ3) is 31.9. The van der Waals surface area contributed by atoms with E-state index in [-0.39, 0.29) is 0 Å². The minimum atomic E-state index is -1.01. The second kappa shape index (κ2) is 23.8. The fraction of sp³-hybridized carbons (Fsp3) is 0.655. The van der Waals surface area contributed by atoms with Gasteiger partial charge < -0.3 is 15.5 Å². The van der Waals surface area contributed by atoms with Crippen molar-refractivity contribution >= 4 is 12.1 Å². The lowest BCUT2D eigenvalue weighted by atomic mass is 9.95. The van der Waals surface area contributed by atoms with Crippen molar-refractivity contribution in [3.8, 4) is 0 Å². The van der Waals surface area contributed by atoms with E-state index in [9.17, 15) is 9.59 Å². The molecule has 5 heteroatoms. The predicted molar refractivity (Wildman–Crippen MR) is 147 cm³/mol. The van der Waals surface area contributed by atoms with E-state index >= 15 is 0 Å². The zero-order valence-electron chi connectivity index (χ0n) is 23.1. The Balaban J connectivity index is -0.000000434. The van der Waals surface area contributed by atoms with Gasteiger partial charge in [0.2, 0.25) is 0 Å². The molecule has 34 heavy (non-hydrogen) atoms. The minimum Gasteiger partial charge on any atom is -0.481 e. The fourth-order valence-corrected chi connectivity index (χ4v) is 2.75. The molecule has 0 heterocycles. The number of carbonyl (C=O) groups is 2. The highest BCUT2D eigenvalue weighted by molar-refractivity contribution is 5.66. The Morgan fingerprint density at radius 3 is 1.88 bits per heavy atom. The lowest BCUT2D eigenvalue weighted by molar-refractivity contribution is -0.137. The van der Waals surface area contributed by atoms with Crippen molar-refractivity contribution in [2.24, 2.45) is 5.92 Å². The van der Waals surface area contributed by atoms with E-state index in [0.29, 0.717) is 12.3 Å². The zero-order chi connectivity index (χ0) is 27.0. The quantitative estimate of drug-likeness (QED) is 0.162. The molecule has 0 rings (SSSR count). The van der Waals surface area contributed by atoms with Gasteiger partial charge in [0.15, 0.2) is 0 Å². The summed E-state index contributed by atoms with van der Waals surface area (Å²) in [6.45, 7) is 21.9. The number of unbranched alkanes of at least 4 members (excludes halogenated alkanes) is 4. The topological polar surface area (TPSA) is 86.6 Å². The van der Waals surface area contributed by atoms with Gasteiger partial charge in [-0.15, -0.1) is 13.2 Å². The highest BCUT2D eigenvalue weighted by Gasteiger charge is 2.20. The number of carboxylic acids is 1. The first-order valence-electron chi connectivity index (χ1n) is 12.6. The van der Waals surface area contributed by atoms with Gasteiger partial charge in [-0.1, -0.05) is 75.0 Å². The molecular weight excluding hydrogens is 426 g/mol. The summed E-state index contributed by atoms with van der Waals surface area (Å²) in [6.07, 6.45) is 16.9. The summed E-state index contributed by atoms with van der Waals surface area (Å²) in [5, 5.41) is 19.3. The van der Waals surface area contributed by atoms with Gasteiger partial charge in [0.05, 0.1) is 5.54 Å². The Bertz CT molecular complexity index is 614. The molecule has 0 saturated carbocycles. The van der Waals surface area contributed by atoms with Gasteiger partial charge >= 0.3 is 12.1 Å². The van der Waals surface area contributed by atoms with Crippen LogP contribution in [-0.4, -0.2) is 27.8 Å². The molecule has 0 aromatic heterocycles. The van der Waals surface area contributed by atoms with Crippen LogP contribution in [0.15, 0.2) is 48.6 Å². The van der Waals surface area contributed by atoms with Crippen LogP contribution in [0.4, 0.5) is 4.79 Å². The molecule has 0 aromatic carbocycles. The van der Waals surface area contributed by atoms with Crippen molar-refractivity contribution in [3.63, 3.8) is 0 Å². The van der Waals surface area contributed by atoms with E-state index in [1.165, 1.54) is 43.3 Å². The third-order valence-corrected chi connectivity index (χ3v) is 5.13. The second-order valence-electron chi connectivity index (χ2n) is 9.50. The van der Waals surface area contributed by atoms with E-state index in [0.717, 1.165) is 25.7 Å². The van der Waals surface area contributed by atoms with E-state index in [1.54, 1.807) is 6.08 Å². The molecule has 0 aliphatic heterocycles. The first-order chi connectivity index (χ1) is 15.8. The van der Waals surface area contributed by atoms with Crippen molar-refractivity contribution in [3.05, 3.63) is 48.6 Å². The third-order valence-electron chi connectivity index (χ3n) is 5.13. The number of hydrogen-bond acceptors (Lipinski definition) is 2. The first kappa shape index (κ1) is 36.3. The van der Waals surface area contributed by atoms with E-state index in [2.05, 4.69) is 58.3 Å². The maximum absolute atomic E-state index is 10.5. The number of nitrogens with one attached hydrogen (secondary N) is 1. The maximum Gasteiger partial charge on any atom is 0.405 e. The molecule has 2 atom stereocenters. The highest BCUT2D eigenvalue weighted by atomic mass is 16.4. The molecule has 1 amide bonds. The van der Waals surface area contributed by atoms with Crippen LogP contribution in [0.3, 0.4) is 0 Å². The van der Waals surface area contributed by atoms with Crippen LogP contribution in [0, 0.1) is 5.92 Å². The van der Waals surface area contributed by atoms with Crippen LogP contribution < -0.4 is 5.32 Å². The Morgan fingerprint density at radius 1 is 0.941 bits per heavy atom. The van der Waals surface area contributed by atoms with Crippen molar-refractivity contribution in [2.45, 2.75) is 118 Å². The summed E-state index contributed by atoms with van der Waals surface area (Å²) in [5.41, 5.74) is 2.13. The standard InChI is InChI=1S/C11H19NO2.C10H18.C8H16O2/c1-5-11(4,12-10(13)14)8-6-7-9(2)3;1-5-10(4)8-6-7-9(2)3;1-2-3-4-5-6-7-8(9)10/h5,7,12H,1,6,8H2,2-4H3,(H,13,14);5,7,10H,1,6,8H2,2-4H3;2-7H2,1H3,(H,9,10). The normalized spacial score (nSPS) is 12.2. The summed E-state index contributed by atoms with van der Waals surface area (Å²) in [4.78, 5) is 20.5. The van der Waals surface area contributed by atoms with Crippen LogP contribution in [-0.2, 0) is 4.79 Å². The van der Waals surface area contributed by atoms with E-state index < -0.39 is 17.6 Å². The van der Waals surface area contributed by atoms with Crippen LogP contribution in [0.1, 0.15) is 113 Å². The molecule has 0 saturated heterocycles. The summed E-state index contributed by atoms with van der Waals surface area (Å²) < 4.78 is 0. The molecule has 5 nitrogen and oxygen atoms in total. The molecule has 0 bridgehead atoms. The molecule has 0 radical (unpaired) electrons.